The number of hydrogen-bond donors (Lipinski definition) is 3. The second kappa shape index (κ2) is 5.27. The Morgan fingerprint density at radius 2 is 2.11 bits per heavy atom. The van der Waals surface area contributed by atoms with Crippen molar-refractivity contribution in [2.75, 3.05) is 11.1 Å². The molecule has 0 fully saturated rings. The van der Waals surface area contributed by atoms with Crippen molar-refractivity contribution in [1.82, 2.24) is 4.98 Å². The molecule has 19 heavy (non-hydrogen) atoms. The molecular weight excluding hydrogens is 310 g/mol. The van der Waals surface area contributed by atoms with Crippen LogP contribution in [0.1, 0.15) is 16.1 Å². The van der Waals surface area contributed by atoms with Crippen LogP contribution in [0.3, 0.4) is 0 Å². The van der Waals surface area contributed by atoms with Crippen LogP contribution < -0.4 is 16.6 Å². The maximum Gasteiger partial charge on any atom is 0.272 e. The van der Waals surface area contributed by atoms with E-state index in [0.29, 0.717) is 15.8 Å². The van der Waals surface area contributed by atoms with Crippen molar-refractivity contribution in [3.63, 3.8) is 0 Å². The summed E-state index contributed by atoms with van der Waals surface area (Å²) in [5.41, 5.74) is 7.64. The molecule has 6 heteroatoms. The molecule has 1 heterocycles. The predicted molar refractivity (Wildman–Crippen MR) is 78.3 cm³/mol. The molecule has 4 N–H and O–H groups in total. The molecule has 0 saturated heterocycles. The minimum atomic E-state index is -0.422. The zero-order valence-corrected chi connectivity index (χ0v) is 11.7. The summed E-state index contributed by atoms with van der Waals surface area (Å²) in [6.07, 6.45) is 0. The van der Waals surface area contributed by atoms with Crippen LogP contribution in [0.2, 0.25) is 0 Å². The minimum absolute atomic E-state index is 0.180. The quantitative estimate of drug-likeness (QED) is 0.741. The highest BCUT2D eigenvalue weighted by Gasteiger charge is 2.12. The molecule has 98 valence electrons. The maximum absolute atomic E-state index is 12.0. The van der Waals surface area contributed by atoms with Crippen LogP contribution in [-0.2, 0) is 0 Å². The lowest BCUT2D eigenvalue weighted by Crippen LogP contribution is -2.18. The van der Waals surface area contributed by atoms with E-state index in [1.165, 1.54) is 18.2 Å². The van der Waals surface area contributed by atoms with Gasteiger partial charge in [0.1, 0.15) is 5.69 Å². The average Bonchev–Trinajstić information content (AvgIpc) is 2.33. The van der Waals surface area contributed by atoms with E-state index in [9.17, 15) is 9.59 Å². The SMILES string of the molecule is Cc1cc(N)c(NC(=O)c2cccc(=O)[nH]2)c(Br)c1. The number of aryl methyl sites for hydroxylation is 1. The monoisotopic (exact) mass is 321 g/mol. The number of pyridine rings is 1. The molecule has 0 spiro atoms. The first-order valence-corrected chi connectivity index (χ1v) is 6.33. The number of nitrogens with one attached hydrogen (secondary N) is 2. The third-order valence-electron chi connectivity index (χ3n) is 2.52. The molecule has 0 aliphatic carbocycles. The number of hydrogen-bond acceptors (Lipinski definition) is 3. The van der Waals surface area contributed by atoms with Crippen molar-refractivity contribution in [2.45, 2.75) is 6.92 Å². The van der Waals surface area contributed by atoms with Gasteiger partial charge in [0.2, 0.25) is 5.56 Å². The van der Waals surface area contributed by atoms with Crippen molar-refractivity contribution < 1.29 is 4.79 Å². The van der Waals surface area contributed by atoms with Gasteiger partial charge < -0.3 is 16.0 Å². The highest BCUT2D eigenvalue weighted by atomic mass is 79.9. The molecule has 0 aliphatic heterocycles. The van der Waals surface area contributed by atoms with Crippen LogP contribution in [0.15, 0.2) is 39.6 Å². The van der Waals surface area contributed by atoms with Gasteiger partial charge in [-0.2, -0.15) is 0 Å². The van der Waals surface area contributed by atoms with Crippen LogP contribution in [0.5, 0.6) is 0 Å². The van der Waals surface area contributed by atoms with Gasteiger partial charge in [0, 0.05) is 10.5 Å². The normalized spacial score (nSPS) is 10.2. The number of carbonyl (C=O) groups excluding carboxylic acids is 1. The number of nitrogens with two attached hydrogens (primary N) is 1. The molecule has 2 rings (SSSR count). The summed E-state index contributed by atoms with van der Waals surface area (Å²) in [4.78, 5) is 25.6. The van der Waals surface area contributed by atoms with E-state index in [0.717, 1.165) is 5.56 Å². The lowest BCUT2D eigenvalue weighted by atomic mass is 10.2. The van der Waals surface area contributed by atoms with E-state index in [-0.39, 0.29) is 11.3 Å². The molecule has 0 saturated carbocycles. The largest absolute Gasteiger partial charge is 0.397 e. The van der Waals surface area contributed by atoms with Crippen molar-refractivity contribution in [3.05, 3.63) is 56.4 Å². The summed E-state index contributed by atoms with van der Waals surface area (Å²) >= 11 is 3.35. The molecule has 1 amide bonds. The number of carbonyl (C=O) groups is 1. The Hall–Kier alpha value is -2.08. The Morgan fingerprint density at radius 3 is 2.74 bits per heavy atom. The first kappa shape index (κ1) is 13.4. The minimum Gasteiger partial charge on any atom is -0.397 e. The summed E-state index contributed by atoms with van der Waals surface area (Å²) in [6.45, 7) is 1.90. The summed E-state index contributed by atoms with van der Waals surface area (Å²) in [5, 5.41) is 2.67. The average molecular weight is 322 g/mol. The molecule has 0 radical (unpaired) electrons. The summed E-state index contributed by atoms with van der Waals surface area (Å²) < 4.78 is 0.691. The first-order valence-electron chi connectivity index (χ1n) is 5.53. The molecular formula is C13H12BrN3O2. The number of halogens is 1. The summed E-state index contributed by atoms with van der Waals surface area (Å²) in [7, 11) is 0. The number of H-pyrrole nitrogens is 1. The van der Waals surface area contributed by atoms with Crippen molar-refractivity contribution >= 4 is 33.2 Å². The van der Waals surface area contributed by atoms with E-state index in [2.05, 4.69) is 26.2 Å². The van der Waals surface area contributed by atoms with Crippen molar-refractivity contribution in [1.29, 1.82) is 0 Å². The Bertz CT molecular complexity index is 671. The maximum atomic E-state index is 12.0. The number of aromatic amines is 1. The van der Waals surface area contributed by atoms with Gasteiger partial charge >= 0.3 is 0 Å². The van der Waals surface area contributed by atoms with Gasteiger partial charge in [-0.15, -0.1) is 0 Å². The lowest BCUT2D eigenvalue weighted by Gasteiger charge is -2.11. The van der Waals surface area contributed by atoms with Crippen LogP contribution in [0, 0.1) is 6.92 Å². The Labute approximate surface area is 118 Å². The van der Waals surface area contributed by atoms with E-state index in [1.807, 2.05) is 13.0 Å². The van der Waals surface area contributed by atoms with Crippen LogP contribution in [-0.4, -0.2) is 10.9 Å². The van der Waals surface area contributed by atoms with Gasteiger partial charge in [0.15, 0.2) is 0 Å². The standard InChI is InChI=1S/C13H12BrN3O2/c1-7-5-8(14)12(9(15)6-7)17-13(19)10-3-2-4-11(18)16-10/h2-6H,15H2,1H3,(H,16,18)(H,17,19). The fraction of sp³-hybridized carbons (Fsp3) is 0.0769. The van der Waals surface area contributed by atoms with Crippen LogP contribution in [0.4, 0.5) is 11.4 Å². The highest BCUT2D eigenvalue weighted by molar-refractivity contribution is 9.10. The second-order valence-corrected chi connectivity index (χ2v) is 4.95. The van der Waals surface area contributed by atoms with E-state index >= 15 is 0 Å². The fourth-order valence-corrected chi connectivity index (χ4v) is 2.35. The number of anilines is 2. The zero-order chi connectivity index (χ0) is 14.0. The van der Waals surface area contributed by atoms with E-state index in [1.54, 1.807) is 6.07 Å². The molecule has 0 unspecified atom stereocenters. The Kier molecular flexibility index (Phi) is 3.71. The van der Waals surface area contributed by atoms with Crippen molar-refractivity contribution in [3.8, 4) is 0 Å². The molecule has 0 aliphatic rings. The van der Waals surface area contributed by atoms with Gasteiger partial charge in [-0.3, -0.25) is 9.59 Å². The summed E-state index contributed by atoms with van der Waals surface area (Å²) in [5.74, 6) is -0.422. The van der Waals surface area contributed by atoms with E-state index in [4.69, 9.17) is 5.73 Å². The Morgan fingerprint density at radius 1 is 1.37 bits per heavy atom. The smallest absolute Gasteiger partial charge is 0.272 e. The van der Waals surface area contributed by atoms with Gasteiger partial charge in [-0.1, -0.05) is 6.07 Å². The van der Waals surface area contributed by atoms with Gasteiger partial charge in [0.05, 0.1) is 11.4 Å². The molecule has 0 atom stereocenters. The van der Waals surface area contributed by atoms with E-state index < -0.39 is 5.91 Å². The molecule has 2 aromatic rings. The van der Waals surface area contributed by atoms with Gasteiger partial charge in [0.25, 0.3) is 5.91 Å². The third kappa shape index (κ3) is 3.03. The summed E-state index contributed by atoms with van der Waals surface area (Å²) in [6, 6.07) is 7.98. The van der Waals surface area contributed by atoms with Crippen LogP contribution in [0.25, 0.3) is 0 Å². The van der Waals surface area contributed by atoms with Gasteiger partial charge in [-0.05, 0) is 46.6 Å². The molecule has 1 aromatic heterocycles. The number of aromatic nitrogens is 1. The first-order chi connectivity index (χ1) is 8.97. The molecule has 5 nitrogen and oxygen atoms in total. The number of benzene rings is 1. The predicted octanol–water partition coefficient (Wildman–Crippen LogP) is 2.28. The fourth-order valence-electron chi connectivity index (χ4n) is 1.66. The Balaban J connectivity index is 2.32. The van der Waals surface area contributed by atoms with Crippen LogP contribution >= 0.6 is 15.9 Å². The number of rotatable bonds is 2. The highest BCUT2D eigenvalue weighted by Crippen LogP contribution is 2.30. The number of nitrogen functional groups attached to an aromatic ring is 1. The second-order valence-electron chi connectivity index (χ2n) is 4.09. The lowest BCUT2D eigenvalue weighted by molar-refractivity contribution is 0.102. The zero-order valence-electron chi connectivity index (χ0n) is 10.2. The third-order valence-corrected chi connectivity index (χ3v) is 3.14. The topological polar surface area (TPSA) is 88.0 Å². The van der Waals surface area contributed by atoms with Gasteiger partial charge in [-0.25, -0.2) is 0 Å². The molecule has 0 bridgehead atoms. The number of amides is 1. The van der Waals surface area contributed by atoms with Crippen molar-refractivity contribution in [2.24, 2.45) is 0 Å². The molecule has 1 aromatic carbocycles.